The molecule has 1 amide bonds. The molecule has 0 unspecified atom stereocenters. The summed E-state index contributed by atoms with van der Waals surface area (Å²) in [7, 11) is 0. The Balaban J connectivity index is 1.90. The highest BCUT2D eigenvalue weighted by molar-refractivity contribution is 5.95. The van der Waals surface area contributed by atoms with Crippen LogP contribution in [0.5, 0.6) is 0 Å². The zero-order valence-corrected chi connectivity index (χ0v) is 13.2. The van der Waals surface area contributed by atoms with E-state index in [1.165, 1.54) is 4.90 Å². The molecule has 2 aliphatic rings. The summed E-state index contributed by atoms with van der Waals surface area (Å²) in [6.45, 7) is 6.60. The maximum atomic E-state index is 12.7. The number of rotatable bonds is 3. The summed E-state index contributed by atoms with van der Waals surface area (Å²) >= 11 is 0. The predicted molar refractivity (Wildman–Crippen MR) is 78.5 cm³/mol. The minimum atomic E-state index is -1.16. The standard InChI is InChI=1S/C15H23N3O4/c1-4-18-13-10(3)22-9(2)5-11(13)12(16-18)14(20)17-6-15(21,7-17)8-19/h9-10,19,21H,4-8H2,1-3H3/t9-,10+/m1/s1. The highest BCUT2D eigenvalue weighted by Crippen LogP contribution is 2.33. The zero-order valence-electron chi connectivity index (χ0n) is 13.2. The third kappa shape index (κ3) is 2.33. The van der Waals surface area contributed by atoms with Crippen LogP contribution in [0.3, 0.4) is 0 Å². The summed E-state index contributed by atoms with van der Waals surface area (Å²) in [4.78, 5) is 14.2. The number of hydrogen-bond donors (Lipinski definition) is 2. The van der Waals surface area contributed by atoms with Crippen molar-refractivity contribution in [2.45, 2.75) is 51.5 Å². The summed E-state index contributed by atoms with van der Waals surface area (Å²) in [6.07, 6.45) is 0.631. The van der Waals surface area contributed by atoms with Crippen LogP contribution < -0.4 is 0 Å². The average Bonchev–Trinajstić information content (AvgIpc) is 2.82. The molecule has 0 spiro atoms. The van der Waals surface area contributed by atoms with E-state index in [2.05, 4.69) is 5.10 Å². The quantitative estimate of drug-likeness (QED) is 0.827. The molecule has 0 radical (unpaired) electrons. The van der Waals surface area contributed by atoms with Crippen LogP contribution in [0, 0.1) is 0 Å². The van der Waals surface area contributed by atoms with Crippen LogP contribution in [0.15, 0.2) is 0 Å². The molecular formula is C15H23N3O4. The lowest BCUT2D eigenvalue weighted by atomic mass is 9.93. The van der Waals surface area contributed by atoms with Gasteiger partial charge in [-0.1, -0.05) is 0 Å². The summed E-state index contributed by atoms with van der Waals surface area (Å²) in [6, 6.07) is 0. The van der Waals surface area contributed by atoms with Crippen molar-refractivity contribution in [3.8, 4) is 0 Å². The van der Waals surface area contributed by atoms with Crippen molar-refractivity contribution in [1.29, 1.82) is 0 Å². The van der Waals surface area contributed by atoms with Crippen LogP contribution in [0.1, 0.15) is 48.6 Å². The van der Waals surface area contributed by atoms with Gasteiger partial charge in [-0.3, -0.25) is 9.48 Å². The van der Waals surface area contributed by atoms with Gasteiger partial charge in [0, 0.05) is 18.5 Å². The number of carbonyl (C=O) groups is 1. The molecule has 7 nitrogen and oxygen atoms in total. The first-order valence-corrected chi connectivity index (χ1v) is 7.76. The molecule has 22 heavy (non-hydrogen) atoms. The lowest BCUT2D eigenvalue weighted by Crippen LogP contribution is -2.65. The SMILES string of the molecule is CCn1nc(C(=O)N2CC(O)(CO)C2)c2c1[C@H](C)O[C@H](C)C2. The first-order chi connectivity index (χ1) is 10.4. The highest BCUT2D eigenvalue weighted by atomic mass is 16.5. The molecule has 2 aliphatic heterocycles. The summed E-state index contributed by atoms with van der Waals surface area (Å²) < 4.78 is 7.67. The van der Waals surface area contributed by atoms with Crippen molar-refractivity contribution in [1.82, 2.24) is 14.7 Å². The fourth-order valence-corrected chi connectivity index (χ4v) is 3.39. The van der Waals surface area contributed by atoms with Gasteiger partial charge in [-0.15, -0.1) is 0 Å². The van der Waals surface area contributed by atoms with Crippen LogP contribution >= 0.6 is 0 Å². The Morgan fingerprint density at radius 1 is 1.45 bits per heavy atom. The number of nitrogens with zero attached hydrogens (tertiary/aromatic N) is 3. The molecule has 0 bridgehead atoms. The normalized spacial score (nSPS) is 26.5. The topological polar surface area (TPSA) is 87.8 Å². The number of likely N-dealkylation sites (tertiary alicyclic amines) is 1. The Bertz CT molecular complexity index is 592. The summed E-state index contributed by atoms with van der Waals surface area (Å²) in [5.74, 6) is -0.178. The molecule has 1 fully saturated rings. The second-order valence-corrected chi connectivity index (χ2v) is 6.36. The highest BCUT2D eigenvalue weighted by Gasteiger charge is 2.45. The average molecular weight is 309 g/mol. The molecule has 0 aromatic carbocycles. The Hall–Kier alpha value is -1.44. The van der Waals surface area contributed by atoms with Gasteiger partial charge in [0.2, 0.25) is 0 Å². The predicted octanol–water partition coefficient (Wildman–Crippen LogP) is 0.104. The first-order valence-electron chi connectivity index (χ1n) is 7.76. The number of carbonyl (C=O) groups excluding carboxylic acids is 1. The Morgan fingerprint density at radius 3 is 2.73 bits per heavy atom. The largest absolute Gasteiger partial charge is 0.393 e. The van der Waals surface area contributed by atoms with E-state index in [0.717, 1.165) is 11.3 Å². The van der Waals surface area contributed by atoms with Gasteiger partial charge in [0.15, 0.2) is 5.69 Å². The Labute approximate surface area is 129 Å². The fraction of sp³-hybridized carbons (Fsp3) is 0.733. The number of ether oxygens (including phenoxy) is 1. The van der Waals surface area contributed by atoms with Gasteiger partial charge < -0.3 is 19.8 Å². The smallest absolute Gasteiger partial charge is 0.274 e. The number of aliphatic hydroxyl groups is 2. The number of aryl methyl sites for hydroxylation is 1. The number of hydrogen-bond acceptors (Lipinski definition) is 5. The first kappa shape index (κ1) is 15.5. The van der Waals surface area contributed by atoms with E-state index < -0.39 is 5.60 Å². The number of β-amino-alcohol motifs (C(OH)–C–C–N with tert-alkyl or cyclic N) is 1. The minimum Gasteiger partial charge on any atom is -0.393 e. The van der Waals surface area contributed by atoms with Crippen LogP contribution in [0.4, 0.5) is 0 Å². The second-order valence-electron chi connectivity index (χ2n) is 6.36. The molecule has 0 saturated carbocycles. The van der Waals surface area contributed by atoms with Crippen LogP contribution in [0.2, 0.25) is 0 Å². The Kier molecular flexibility index (Phi) is 3.74. The number of amides is 1. The maximum Gasteiger partial charge on any atom is 0.274 e. The van der Waals surface area contributed by atoms with Crippen molar-refractivity contribution in [2.24, 2.45) is 0 Å². The van der Waals surface area contributed by atoms with Crippen LogP contribution in [0.25, 0.3) is 0 Å². The van der Waals surface area contributed by atoms with Crippen molar-refractivity contribution in [2.75, 3.05) is 19.7 Å². The molecule has 122 valence electrons. The van der Waals surface area contributed by atoms with Gasteiger partial charge >= 0.3 is 0 Å². The zero-order chi connectivity index (χ0) is 16.1. The van der Waals surface area contributed by atoms with Crippen molar-refractivity contribution in [3.05, 3.63) is 17.0 Å². The molecule has 2 N–H and O–H groups in total. The molecule has 1 aromatic heterocycles. The van der Waals surface area contributed by atoms with Gasteiger partial charge in [-0.05, 0) is 20.8 Å². The van der Waals surface area contributed by atoms with Crippen LogP contribution in [-0.2, 0) is 17.7 Å². The van der Waals surface area contributed by atoms with Crippen molar-refractivity contribution in [3.63, 3.8) is 0 Å². The van der Waals surface area contributed by atoms with E-state index in [9.17, 15) is 9.90 Å². The fourth-order valence-electron chi connectivity index (χ4n) is 3.39. The Morgan fingerprint density at radius 2 is 2.14 bits per heavy atom. The monoisotopic (exact) mass is 309 g/mol. The van der Waals surface area contributed by atoms with E-state index in [1.807, 2.05) is 25.5 Å². The summed E-state index contributed by atoms with van der Waals surface area (Å²) in [5, 5.41) is 23.4. The summed E-state index contributed by atoms with van der Waals surface area (Å²) in [5.41, 5.74) is 1.23. The number of aromatic nitrogens is 2. The van der Waals surface area contributed by atoms with Gasteiger partial charge in [-0.2, -0.15) is 5.10 Å². The molecule has 3 heterocycles. The molecule has 7 heteroatoms. The van der Waals surface area contributed by atoms with Crippen molar-refractivity contribution >= 4 is 5.91 Å². The third-order valence-corrected chi connectivity index (χ3v) is 4.46. The van der Waals surface area contributed by atoms with Gasteiger partial charge in [0.25, 0.3) is 5.91 Å². The molecule has 1 aromatic rings. The minimum absolute atomic E-state index is 0.0503. The third-order valence-electron chi connectivity index (χ3n) is 4.46. The van der Waals surface area contributed by atoms with E-state index >= 15 is 0 Å². The number of aliphatic hydroxyl groups excluding tert-OH is 1. The molecule has 0 aliphatic carbocycles. The molecular weight excluding hydrogens is 286 g/mol. The van der Waals surface area contributed by atoms with Crippen LogP contribution in [-0.4, -0.2) is 62.2 Å². The molecule has 1 saturated heterocycles. The lowest BCUT2D eigenvalue weighted by Gasteiger charge is -2.45. The van der Waals surface area contributed by atoms with Gasteiger partial charge in [-0.25, -0.2) is 0 Å². The van der Waals surface area contributed by atoms with E-state index in [0.29, 0.717) is 18.7 Å². The van der Waals surface area contributed by atoms with Gasteiger partial charge in [0.1, 0.15) is 5.60 Å². The lowest BCUT2D eigenvalue weighted by molar-refractivity contribution is -0.110. The van der Waals surface area contributed by atoms with E-state index in [-0.39, 0.29) is 37.8 Å². The number of fused-ring (bicyclic) bond motifs is 1. The van der Waals surface area contributed by atoms with Crippen molar-refractivity contribution < 1.29 is 19.7 Å². The van der Waals surface area contributed by atoms with E-state index in [4.69, 9.17) is 9.84 Å². The molecule has 2 atom stereocenters. The van der Waals surface area contributed by atoms with E-state index in [1.54, 1.807) is 0 Å². The second kappa shape index (κ2) is 5.33. The maximum absolute atomic E-state index is 12.7. The molecule has 3 rings (SSSR count). The van der Waals surface area contributed by atoms with Gasteiger partial charge in [0.05, 0.1) is 37.6 Å².